The molecule has 17 heavy (non-hydrogen) atoms. The van der Waals surface area contributed by atoms with Crippen molar-refractivity contribution in [2.75, 3.05) is 0 Å². The molecule has 2 aromatic rings. The second-order valence-corrected chi connectivity index (χ2v) is 4.45. The Balaban J connectivity index is 2.77. The van der Waals surface area contributed by atoms with Gasteiger partial charge in [-0.15, -0.1) is 0 Å². The Morgan fingerprint density at radius 2 is 1.47 bits per heavy atom. The molecule has 2 aromatic carbocycles. The topological polar surface area (TPSA) is 40.5 Å². The quantitative estimate of drug-likeness (QED) is 0.731. The van der Waals surface area contributed by atoms with E-state index >= 15 is 0 Å². The summed E-state index contributed by atoms with van der Waals surface area (Å²) in [5.74, 6) is -0.115. The molecule has 0 atom stereocenters. The van der Waals surface area contributed by atoms with Crippen molar-refractivity contribution in [3.63, 3.8) is 0 Å². The van der Waals surface area contributed by atoms with Gasteiger partial charge in [0.1, 0.15) is 0 Å². The van der Waals surface area contributed by atoms with Gasteiger partial charge in [0.05, 0.1) is 0 Å². The van der Waals surface area contributed by atoms with Gasteiger partial charge in [0.15, 0.2) is 11.5 Å². The predicted octanol–water partition coefficient (Wildman–Crippen LogP) is 3.69. The fraction of sp³-hybridized carbons (Fsp3) is 0.200. The highest BCUT2D eigenvalue weighted by atomic mass is 16.3. The third-order valence-electron chi connectivity index (χ3n) is 2.98. The molecular formula is C15H16O2. The van der Waals surface area contributed by atoms with Crippen LogP contribution in [-0.4, -0.2) is 10.2 Å². The largest absolute Gasteiger partial charge is 0.504 e. The van der Waals surface area contributed by atoms with E-state index in [1.807, 2.05) is 45.0 Å². The van der Waals surface area contributed by atoms with E-state index in [1.54, 1.807) is 6.07 Å². The number of benzene rings is 2. The first-order valence-corrected chi connectivity index (χ1v) is 5.60. The number of aryl methyl sites for hydroxylation is 3. The lowest BCUT2D eigenvalue weighted by Gasteiger charge is -2.13. The smallest absolute Gasteiger partial charge is 0.165 e. The molecule has 0 bridgehead atoms. The highest BCUT2D eigenvalue weighted by Crippen LogP contribution is 2.40. The first-order valence-electron chi connectivity index (χ1n) is 5.60. The number of phenols is 2. The Labute approximate surface area is 101 Å². The monoisotopic (exact) mass is 228 g/mol. The van der Waals surface area contributed by atoms with Crippen molar-refractivity contribution >= 4 is 0 Å². The minimum Gasteiger partial charge on any atom is -0.504 e. The highest BCUT2D eigenvalue weighted by molar-refractivity contribution is 5.78. The molecule has 0 fully saturated rings. The van der Waals surface area contributed by atoms with Gasteiger partial charge >= 0.3 is 0 Å². The van der Waals surface area contributed by atoms with Crippen LogP contribution >= 0.6 is 0 Å². The van der Waals surface area contributed by atoms with E-state index < -0.39 is 0 Å². The summed E-state index contributed by atoms with van der Waals surface area (Å²) >= 11 is 0. The molecule has 0 aliphatic heterocycles. The standard InChI is InChI=1S/C15H16O2/c1-9-7-12(15(17)13(16)8-9)14-10(2)5-4-6-11(14)3/h4-8,16-17H,1-3H3. The van der Waals surface area contributed by atoms with Crippen molar-refractivity contribution in [2.24, 2.45) is 0 Å². The molecule has 0 spiro atoms. The molecule has 0 aliphatic carbocycles. The van der Waals surface area contributed by atoms with Crippen LogP contribution in [-0.2, 0) is 0 Å². The van der Waals surface area contributed by atoms with Gasteiger partial charge in [-0.3, -0.25) is 0 Å². The first-order chi connectivity index (χ1) is 8.00. The van der Waals surface area contributed by atoms with Crippen LogP contribution in [0, 0.1) is 20.8 Å². The number of rotatable bonds is 1. The number of hydrogen-bond acceptors (Lipinski definition) is 2. The lowest BCUT2D eigenvalue weighted by Crippen LogP contribution is -1.89. The predicted molar refractivity (Wildman–Crippen MR) is 69.4 cm³/mol. The summed E-state index contributed by atoms with van der Waals surface area (Å²) in [6, 6.07) is 9.44. The highest BCUT2D eigenvalue weighted by Gasteiger charge is 2.13. The minimum absolute atomic E-state index is 0.0481. The third kappa shape index (κ3) is 1.98. The van der Waals surface area contributed by atoms with E-state index in [4.69, 9.17) is 0 Å². The second-order valence-electron chi connectivity index (χ2n) is 4.45. The summed E-state index contributed by atoms with van der Waals surface area (Å²) in [6.45, 7) is 5.90. The van der Waals surface area contributed by atoms with Crippen molar-refractivity contribution in [2.45, 2.75) is 20.8 Å². The molecule has 0 saturated carbocycles. The average Bonchev–Trinajstić information content (AvgIpc) is 2.24. The van der Waals surface area contributed by atoms with Gasteiger partial charge in [0.25, 0.3) is 0 Å². The third-order valence-corrected chi connectivity index (χ3v) is 2.98. The molecule has 0 aliphatic rings. The summed E-state index contributed by atoms with van der Waals surface area (Å²) in [5.41, 5.74) is 4.79. The van der Waals surface area contributed by atoms with E-state index in [1.165, 1.54) is 0 Å². The van der Waals surface area contributed by atoms with E-state index in [0.29, 0.717) is 5.56 Å². The van der Waals surface area contributed by atoms with Gasteiger partial charge in [-0.05, 0) is 55.2 Å². The van der Waals surface area contributed by atoms with Crippen LogP contribution in [0.2, 0.25) is 0 Å². The molecule has 88 valence electrons. The van der Waals surface area contributed by atoms with Crippen molar-refractivity contribution in [3.8, 4) is 22.6 Å². The molecule has 2 rings (SSSR count). The van der Waals surface area contributed by atoms with Crippen LogP contribution < -0.4 is 0 Å². The lowest BCUT2D eigenvalue weighted by molar-refractivity contribution is 0.405. The Morgan fingerprint density at radius 3 is 2.06 bits per heavy atom. The van der Waals surface area contributed by atoms with Crippen molar-refractivity contribution in [1.29, 1.82) is 0 Å². The van der Waals surface area contributed by atoms with Gasteiger partial charge in [-0.2, -0.15) is 0 Å². The van der Waals surface area contributed by atoms with Crippen LogP contribution in [0.3, 0.4) is 0 Å². The van der Waals surface area contributed by atoms with Crippen LogP contribution in [0.5, 0.6) is 11.5 Å². The molecule has 0 unspecified atom stereocenters. The fourth-order valence-corrected chi connectivity index (χ4v) is 2.19. The zero-order chi connectivity index (χ0) is 12.6. The molecule has 2 heteroatoms. The van der Waals surface area contributed by atoms with Crippen LogP contribution in [0.15, 0.2) is 30.3 Å². The van der Waals surface area contributed by atoms with Gasteiger partial charge in [0, 0.05) is 5.56 Å². The SMILES string of the molecule is Cc1cc(O)c(O)c(-c2c(C)cccc2C)c1. The maximum atomic E-state index is 9.97. The Morgan fingerprint density at radius 1 is 0.882 bits per heavy atom. The number of hydrogen-bond donors (Lipinski definition) is 2. The van der Waals surface area contributed by atoms with Gasteiger partial charge in [-0.1, -0.05) is 18.2 Å². The molecule has 2 nitrogen and oxygen atoms in total. The zero-order valence-corrected chi connectivity index (χ0v) is 10.3. The van der Waals surface area contributed by atoms with Gasteiger partial charge in [0.2, 0.25) is 0 Å². The Bertz CT molecular complexity index is 551. The summed E-state index contributed by atoms with van der Waals surface area (Å²) in [6.07, 6.45) is 0. The molecular weight excluding hydrogens is 212 g/mol. The van der Waals surface area contributed by atoms with E-state index in [9.17, 15) is 10.2 Å². The van der Waals surface area contributed by atoms with E-state index in [0.717, 1.165) is 22.3 Å². The van der Waals surface area contributed by atoms with Crippen molar-refractivity contribution in [1.82, 2.24) is 0 Å². The van der Waals surface area contributed by atoms with E-state index in [-0.39, 0.29) is 11.5 Å². The van der Waals surface area contributed by atoms with E-state index in [2.05, 4.69) is 0 Å². The van der Waals surface area contributed by atoms with Crippen LogP contribution in [0.25, 0.3) is 11.1 Å². The molecule has 0 radical (unpaired) electrons. The second kappa shape index (κ2) is 4.13. The van der Waals surface area contributed by atoms with Gasteiger partial charge in [-0.25, -0.2) is 0 Å². The molecule has 0 amide bonds. The molecule has 0 heterocycles. The van der Waals surface area contributed by atoms with Crippen molar-refractivity contribution in [3.05, 3.63) is 47.0 Å². The summed E-state index contributed by atoms with van der Waals surface area (Å²) in [5, 5.41) is 19.6. The van der Waals surface area contributed by atoms with Crippen LogP contribution in [0.1, 0.15) is 16.7 Å². The Hall–Kier alpha value is -1.96. The fourth-order valence-electron chi connectivity index (χ4n) is 2.19. The van der Waals surface area contributed by atoms with Crippen molar-refractivity contribution < 1.29 is 10.2 Å². The number of aromatic hydroxyl groups is 2. The maximum Gasteiger partial charge on any atom is 0.165 e. The summed E-state index contributed by atoms with van der Waals surface area (Å²) < 4.78 is 0. The molecule has 0 saturated heterocycles. The lowest BCUT2D eigenvalue weighted by atomic mass is 9.94. The normalized spacial score (nSPS) is 10.5. The maximum absolute atomic E-state index is 9.97. The zero-order valence-electron chi connectivity index (χ0n) is 10.3. The first kappa shape index (κ1) is 11.5. The number of phenolic OH excluding ortho intramolecular Hbond substituents is 2. The van der Waals surface area contributed by atoms with Crippen LogP contribution in [0.4, 0.5) is 0 Å². The summed E-state index contributed by atoms with van der Waals surface area (Å²) in [4.78, 5) is 0. The van der Waals surface area contributed by atoms with Gasteiger partial charge < -0.3 is 10.2 Å². The average molecular weight is 228 g/mol. The Kier molecular flexibility index (Phi) is 2.80. The molecule has 0 aromatic heterocycles. The molecule has 2 N–H and O–H groups in total. The summed E-state index contributed by atoms with van der Waals surface area (Å²) in [7, 11) is 0. The minimum atomic E-state index is -0.0670.